The summed E-state index contributed by atoms with van der Waals surface area (Å²) in [4.78, 5) is 10.6. The molecule has 0 aliphatic heterocycles. The third-order valence-corrected chi connectivity index (χ3v) is 5.84. The van der Waals surface area contributed by atoms with Gasteiger partial charge in [-0.3, -0.25) is 4.79 Å². The minimum Gasteiger partial charge on any atom is -0.491 e. The molecule has 0 aromatic heterocycles. The first-order valence-electron chi connectivity index (χ1n) is 16.6. The van der Waals surface area contributed by atoms with E-state index in [1.807, 2.05) is 0 Å². The van der Waals surface area contributed by atoms with E-state index in [9.17, 15) is 4.79 Å². The van der Waals surface area contributed by atoms with Crippen molar-refractivity contribution in [1.82, 2.24) is 0 Å². The first-order valence-corrected chi connectivity index (χ1v) is 16.6. The molecule has 0 bridgehead atoms. The van der Waals surface area contributed by atoms with E-state index < -0.39 is 0 Å². The van der Waals surface area contributed by atoms with Crippen LogP contribution in [0.25, 0.3) is 0 Å². The van der Waals surface area contributed by atoms with E-state index in [1.54, 1.807) is 30.3 Å². The van der Waals surface area contributed by atoms with Gasteiger partial charge in [0.25, 0.3) is 0 Å². The highest BCUT2D eigenvalue weighted by atomic mass is 16.6. The normalized spacial score (nSPS) is 11.2. The maximum absolute atomic E-state index is 10.6. The van der Waals surface area contributed by atoms with Crippen molar-refractivity contribution in [2.24, 2.45) is 0 Å². The van der Waals surface area contributed by atoms with Crippen LogP contribution in [0.15, 0.2) is 36.9 Å². The van der Waals surface area contributed by atoms with Crippen LogP contribution in [0.1, 0.15) is 10.4 Å². The molecular weight excluding hydrogens is 632 g/mol. The standard InChI is InChI=1S/C34H58O14/c1-2-7-36-8-9-37-10-11-38-12-13-39-14-15-40-16-17-41-18-19-42-20-21-43-22-23-44-24-25-45-26-27-46-28-29-47-30-31-48-34-5-3-33(32-35)4-6-34/h2-6,32H,1,7-31H2. The molecule has 0 radical (unpaired) electrons. The predicted octanol–water partition coefficient (Wildman–Crippen LogP) is 2.26. The van der Waals surface area contributed by atoms with Gasteiger partial charge in [-0.15, -0.1) is 6.58 Å². The fourth-order valence-corrected chi connectivity index (χ4v) is 3.45. The van der Waals surface area contributed by atoms with Gasteiger partial charge < -0.3 is 61.6 Å². The van der Waals surface area contributed by atoms with Crippen LogP contribution in [0, 0.1) is 0 Å². The summed E-state index contributed by atoms with van der Waals surface area (Å²) in [7, 11) is 0. The van der Waals surface area contributed by atoms with Crippen molar-refractivity contribution in [2.75, 3.05) is 165 Å². The van der Waals surface area contributed by atoms with Gasteiger partial charge in [-0.2, -0.15) is 0 Å². The Bertz CT molecular complexity index is 799. The van der Waals surface area contributed by atoms with E-state index in [-0.39, 0.29) is 0 Å². The molecule has 0 amide bonds. The summed E-state index contributed by atoms with van der Waals surface area (Å²) in [6.45, 7) is 16.2. The molecule has 0 N–H and O–H groups in total. The second kappa shape index (κ2) is 37.8. The summed E-state index contributed by atoms with van der Waals surface area (Å²) in [6, 6.07) is 6.93. The van der Waals surface area contributed by atoms with Crippen molar-refractivity contribution in [2.45, 2.75) is 0 Å². The van der Waals surface area contributed by atoms with Gasteiger partial charge in [0.1, 0.15) is 18.6 Å². The Kier molecular flexibility index (Phi) is 34.6. The topological polar surface area (TPSA) is 137 Å². The number of aldehydes is 1. The van der Waals surface area contributed by atoms with Gasteiger partial charge in [0.2, 0.25) is 0 Å². The lowest BCUT2D eigenvalue weighted by Gasteiger charge is -2.09. The summed E-state index contributed by atoms with van der Waals surface area (Å²) in [5.41, 5.74) is 0.617. The predicted molar refractivity (Wildman–Crippen MR) is 177 cm³/mol. The lowest BCUT2D eigenvalue weighted by atomic mass is 10.2. The SMILES string of the molecule is C=CCOCCOCCOCCOCCOCCOCCOCCOCCOCCOCCOCCOCCOc1ccc(C=O)cc1. The van der Waals surface area contributed by atoms with Crippen molar-refractivity contribution < 1.29 is 66.4 Å². The first kappa shape index (κ1) is 44.0. The molecule has 278 valence electrons. The van der Waals surface area contributed by atoms with E-state index in [0.717, 1.165) is 6.29 Å². The number of hydrogen-bond donors (Lipinski definition) is 0. The fourth-order valence-electron chi connectivity index (χ4n) is 3.45. The number of rotatable bonds is 40. The Morgan fingerprint density at radius 3 is 0.875 bits per heavy atom. The number of ether oxygens (including phenoxy) is 13. The maximum Gasteiger partial charge on any atom is 0.150 e. The fraction of sp³-hybridized carbons (Fsp3) is 0.735. The van der Waals surface area contributed by atoms with Crippen LogP contribution in [-0.4, -0.2) is 171 Å². The smallest absolute Gasteiger partial charge is 0.150 e. The number of benzene rings is 1. The molecule has 1 aromatic rings. The quantitative estimate of drug-likeness (QED) is 0.0566. The summed E-state index contributed by atoms with van der Waals surface area (Å²) < 4.78 is 70.8. The van der Waals surface area contributed by atoms with Gasteiger partial charge in [0.15, 0.2) is 0 Å². The summed E-state index contributed by atoms with van der Waals surface area (Å²) >= 11 is 0. The zero-order chi connectivity index (χ0) is 34.3. The molecule has 0 fully saturated rings. The number of carbonyl (C=O) groups is 1. The molecular formula is C34H58O14. The minimum atomic E-state index is 0.429. The second-order valence-corrected chi connectivity index (χ2v) is 9.64. The molecule has 0 heterocycles. The van der Waals surface area contributed by atoms with Crippen molar-refractivity contribution in [1.29, 1.82) is 0 Å². The van der Waals surface area contributed by atoms with Crippen molar-refractivity contribution >= 4 is 6.29 Å². The molecule has 0 saturated heterocycles. The van der Waals surface area contributed by atoms with Crippen LogP contribution in [0.4, 0.5) is 0 Å². The highest BCUT2D eigenvalue weighted by Gasteiger charge is 1.98. The number of carbonyl (C=O) groups excluding carboxylic acids is 1. The minimum absolute atomic E-state index is 0.429. The molecule has 1 aromatic carbocycles. The van der Waals surface area contributed by atoms with Gasteiger partial charge in [-0.25, -0.2) is 0 Å². The number of hydrogen-bond acceptors (Lipinski definition) is 14. The van der Waals surface area contributed by atoms with E-state index in [0.29, 0.717) is 176 Å². The van der Waals surface area contributed by atoms with Gasteiger partial charge in [-0.05, 0) is 24.3 Å². The van der Waals surface area contributed by atoms with E-state index in [4.69, 9.17) is 61.6 Å². The van der Waals surface area contributed by atoms with Crippen LogP contribution in [0.2, 0.25) is 0 Å². The van der Waals surface area contributed by atoms with Gasteiger partial charge >= 0.3 is 0 Å². The third-order valence-electron chi connectivity index (χ3n) is 5.84. The Morgan fingerprint density at radius 2 is 0.625 bits per heavy atom. The lowest BCUT2D eigenvalue weighted by Crippen LogP contribution is -2.15. The summed E-state index contributed by atoms with van der Waals surface area (Å²) in [5.74, 6) is 0.703. The molecule has 0 aliphatic rings. The Hall–Kier alpha value is -2.05. The van der Waals surface area contributed by atoms with Crippen LogP contribution in [0.3, 0.4) is 0 Å². The molecule has 14 nitrogen and oxygen atoms in total. The molecule has 0 aliphatic carbocycles. The summed E-state index contributed by atoms with van der Waals surface area (Å²) in [5, 5.41) is 0. The highest BCUT2D eigenvalue weighted by molar-refractivity contribution is 5.74. The molecule has 0 spiro atoms. The van der Waals surface area contributed by atoms with E-state index in [2.05, 4.69) is 6.58 Å². The van der Waals surface area contributed by atoms with Crippen molar-refractivity contribution in [3.05, 3.63) is 42.5 Å². The molecule has 0 atom stereocenters. The molecule has 48 heavy (non-hydrogen) atoms. The average molecular weight is 691 g/mol. The van der Waals surface area contributed by atoms with Crippen LogP contribution in [0.5, 0.6) is 5.75 Å². The molecule has 0 saturated carbocycles. The monoisotopic (exact) mass is 690 g/mol. The van der Waals surface area contributed by atoms with Gasteiger partial charge in [0, 0.05) is 5.56 Å². The maximum atomic E-state index is 10.6. The largest absolute Gasteiger partial charge is 0.491 e. The Balaban J connectivity index is 1.63. The Morgan fingerprint density at radius 1 is 0.375 bits per heavy atom. The molecule has 1 rings (SSSR count). The van der Waals surface area contributed by atoms with E-state index >= 15 is 0 Å². The third kappa shape index (κ3) is 32.5. The molecule has 14 heteroatoms. The second-order valence-electron chi connectivity index (χ2n) is 9.64. The van der Waals surface area contributed by atoms with Crippen molar-refractivity contribution in [3.63, 3.8) is 0 Å². The van der Waals surface area contributed by atoms with Crippen molar-refractivity contribution in [3.8, 4) is 5.75 Å². The Labute approximate surface area is 286 Å². The highest BCUT2D eigenvalue weighted by Crippen LogP contribution is 2.10. The van der Waals surface area contributed by atoms with Crippen LogP contribution in [-0.2, 0) is 56.8 Å². The molecule has 0 unspecified atom stereocenters. The van der Waals surface area contributed by atoms with E-state index in [1.165, 1.54) is 0 Å². The zero-order valence-corrected chi connectivity index (χ0v) is 28.6. The average Bonchev–Trinajstić information content (AvgIpc) is 3.11. The van der Waals surface area contributed by atoms with Gasteiger partial charge in [0.05, 0.1) is 159 Å². The first-order chi connectivity index (χ1) is 23.9. The zero-order valence-electron chi connectivity index (χ0n) is 28.6. The van der Waals surface area contributed by atoms with Crippen LogP contribution >= 0.6 is 0 Å². The lowest BCUT2D eigenvalue weighted by molar-refractivity contribution is -0.0283. The van der Waals surface area contributed by atoms with Gasteiger partial charge in [-0.1, -0.05) is 6.08 Å². The van der Waals surface area contributed by atoms with Crippen LogP contribution < -0.4 is 4.74 Å². The summed E-state index contributed by atoms with van der Waals surface area (Å²) in [6.07, 6.45) is 2.51.